The van der Waals surface area contributed by atoms with Gasteiger partial charge in [0.25, 0.3) is 0 Å². The molecule has 1 heterocycles. The summed E-state index contributed by atoms with van der Waals surface area (Å²) in [5.74, 6) is -1.83. The molecule has 9 heteroatoms. The second-order valence-corrected chi connectivity index (χ2v) is 8.07. The first-order valence-corrected chi connectivity index (χ1v) is 11.3. The average molecular weight is 463 g/mol. The highest BCUT2D eigenvalue weighted by molar-refractivity contribution is 7.98. The summed E-state index contributed by atoms with van der Waals surface area (Å²) in [5.41, 5.74) is 2.58. The van der Waals surface area contributed by atoms with Crippen LogP contribution in [0.2, 0.25) is 0 Å². The molecule has 1 fully saturated rings. The SMILES string of the molecule is COc1ccc(OC)c(CN2CCN(Cc3ccc(SC)cc3)CC2)c1.O=C(O)C(=O)O. The minimum Gasteiger partial charge on any atom is -0.497 e. The van der Waals surface area contributed by atoms with E-state index in [1.165, 1.54) is 16.0 Å². The van der Waals surface area contributed by atoms with E-state index in [-0.39, 0.29) is 0 Å². The van der Waals surface area contributed by atoms with Crippen molar-refractivity contribution >= 4 is 23.7 Å². The zero-order valence-electron chi connectivity index (χ0n) is 18.6. The lowest BCUT2D eigenvalue weighted by Gasteiger charge is -2.35. The number of nitrogens with zero attached hydrogens (tertiary/aromatic N) is 2. The summed E-state index contributed by atoms with van der Waals surface area (Å²) >= 11 is 1.79. The predicted molar refractivity (Wildman–Crippen MR) is 124 cm³/mol. The molecular weight excluding hydrogens is 432 g/mol. The highest BCUT2D eigenvalue weighted by atomic mass is 32.2. The molecule has 0 unspecified atom stereocenters. The van der Waals surface area contributed by atoms with E-state index >= 15 is 0 Å². The van der Waals surface area contributed by atoms with Crippen LogP contribution in [-0.4, -0.2) is 78.6 Å². The largest absolute Gasteiger partial charge is 0.497 e. The Morgan fingerprint density at radius 2 is 1.44 bits per heavy atom. The van der Waals surface area contributed by atoms with Crippen LogP contribution in [0.3, 0.4) is 0 Å². The van der Waals surface area contributed by atoms with Gasteiger partial charge in [0.15, 0.2) is 0 Å². The topological polar surface area (TPSA) is 99.5 Å². The van der Waals surface area contributed by atoms with E-state index in [0.717, 1.165) is 50.8 Å². The van der Waals surface area contributed by atoms with Crippen LogP contribution in [0.5, 0.6) is 11.5 Å². The molecule has 0 radical (unpaired) electrons. The van der Waals surface area contributed by atoms with Gasteiger partial charge in [0.2, 0.25) is 0 Å². The normalized spacial score (nSPS) is 14.2. The van der Waals surface area contributed by atoms with Gasteiger partial charge in [-0.15, -0.1) is 11.8 Å². The van der Waals surface area contributed by atoms with Crippen LogP contribution < -0.4 is 9.47 Å². The Morgan fingerprint density at radius 3 is 1.91 bits per heavy atom. The van der Waals surface area contributed by atoms with E-state index in [4.69, 9.17) is 29.3 Å². The summed E-state index contributed by atoms with van der Waals surface area (Å²) in [7, 11) is 3.43. The van der Waals surface area contributed by atoms with Gasteiger partial charge in [-0.2, -0.15) is 0 Å². The first-order chi connectivity index (χ1) is 15.4. The molecule has 0 saturated carbocycles. The first-order valence-electron chi connectivity index (χ1n) is 10.1. The van der Waals surface area contributed by atoms with Crippen LogP contribution in [0.15, 0.2) is 47.4 Å². The number of benzene rings is 2. The number of aliphatic carboxylic acids is 2. The quantitative estimate of drug-likeness (QED) is 0.475. The Bertz CT molecular complexity index is 871. The number of carbonyl (C=O) groups is 2. The fourth-order valence-corrected chi connectivity index (χ4v) is 3.75. The summed E-state index contributed by atoms with van der Waals surface area (Å²) in [6.45, 7) is 6.27. The van der Waals surface area contributed by atoms with Crippen molar-refractivity contribution in [1.29, 1.82) is 0 Å². The van der Waals surface area contributed by atoms with E-state index in [2.05, 4.69) is 46.4 Å². The van der Waals surface area contributed by atoms with Gasteiger partial charge in [0.05, 0.1) is 14.2 Å². The molecule has 2 N–H and O–H groups in total. The van der Waals surface area contributed by atoms with Crippen molar-refractivity contribution in [2.75, 3.05) is 46.7 Å². The van der Waals surface area contributed by atoms with Gasteiger partial charge < -0.3 is 19.7 Å². The zero-order chi connectivity index (χ0) is 23.5. The van der Waals surface area contributed by atoms with Crippen molar-refractivity contribution in [2.24, 2.45) is 0 Å². The summed E-state index contributed by atoms with van der Waals surface area (Å²) in [6, 6.07) is 14.9. The summed E-state index contributed by atoms with van der Waals surface area (Å²) < 4.78 is 10.9. The summed E-state index contributed by atoms with van der Waals surface area (Å²) in [4.78, 5) is 24.5. The monoisotopic (exact) mass is 462 g/mol. The Kier molecular flexibility index (Phi) is 10.3. The molecule has 0 atom stereocenters. The third-order valence-electron chi connectivity index (χ3n) is 5.09. The van der Waals surface area contributed by atoms with E-state index in [0.29, 0.717) is 0 Å². The van der Waals surface area contributed by atoms with Gasteiger partial charge in [0, 0.05) is 49.7 Å². The Hall–Kier alpha value is -2.75. The number of hydrogen-bond donors (Lipinski definition) is 2. The Morgan fingerprint density at radius 1 is 0.875 bits per heavy atom. The smallest absolute Gasteiger partial charge is 0.414 e. The highest BCUT2D eigenvalue weighted by Gasteiger charge is 2.18. The molecule has 2 aromatic carbocycles. The predicted octanol–water partition coefficient (Wildman–Crippen LogP) is 2.90. The molecule has 0 aromatic heterocycles. The number of ether oxygens (including phenoxy) is 2. The lowest BCUT2D eigenvalue weighted by molar-refractivity contribution is -0.159. The Balaban J connectivity index is 0.000000534. The fraction of sp³-hybridized carbons (Fsp3) is 0.391. The summed E-state index contributed by atoms with van der Waals surface area (Å²) in [5, 5.41) is 14.8. The van der Waals surface area contributed by atoms with Gasteiger partial charge in [-0.05, 0) is 42.2 Å². The van der Waals surface area contributed by atoms with Crippen molar-refractivity contribution in [3.8, 4) is 11.5 Å². The Labute approximate surface area is 192 Å². The van der Waals surface area contributed by atoms with Crippen LogP contribution in [-0.2, 0) is 22.7 Å². The van der Waals surface area contributed by atoms with E-state index in [9.17, 15) is 0 Å². The number of hydrogen-bond acceptors (Lipinski definition) is 7. The van der Waals surface area contributed by atoms with E-state index in [1.807, 2.05) is 12.1 Å². The molecule has 1 saturated heterocycles. The van der Waals surface area contributed by atoms with Crippen molar-refractivity contribution < 1.29 is 29.3 Å². The molecule has 32 heavy (non-hydrogen) atoms. The molecule has 1 aliphatic rings. The standard InChI is InChI=1S/C21H28N2O2S.C2H2O4/c1-24-19-6-9-21(25-2)18(14-19)16-23-12-10-22(11-13-23)15-17-4-7-20(26-3)8-5-17;3-1(4)2(5)6/h4-9,14H,10-13,15-16H2,1-3H3;(H,3,4)(H,5,6). The number of thioether (sulfide) groups is 1. The van der Waals surface area contributed by atoms with Crippen LogP contribution >= 0.6 is 11.8 Å². The van der Waals surface area contributed by atoms with E-state index < -0.39 is 11.9 Å². The van der Waals surface area contributed by atoms with Gasteiger partial charge in [-0.25, -0.2) is 9.59 Å². The van der Waals surface area contributed by atoms with Gasteiger partial charge in [-0.1, -0.05) is 12.1 Å². The highest BCUT2D eigenvalue weighted by Crippen LogP contribution is 2.26. The van der Waals surface area contributed by atoms with Gasteiger partial charge >= 0.3 is 11.9 Å². The van der Waals surface area contributed by atoms with Crippen LogP contribution in [0.1, 0.15) is 11.1 Å². The molecule has 2 aromatic rings. The molecular formula is C23H30N2O6S. The molecule has 0 amide bonds. The lowest BCUT2D eigenvalue weighted by Crippen LogP contribution is -2.45. The minimum absolute atomic E-state index is 0.883. The molecule has 8 nitrogen and oxygen atoms in total. The fourth-order valence-electron chi connectivity index (χ4n) is 3.34. The van der Waals surface area contributed by atoms with E-state index in [1.54, 1.807) is 26.0 Å². The minimum atomic E-state index is -1.82. The summed E-state index contributed by atoms with van der Waals surface area (Å²) in [6.07, 6.45) is 2.12. The van der Waals surface area contributed by atoms with Crippen LogP contribution in [0, 0.1) is 0 Å². The third kappa shape index (κ3) is 8.07. The van der Waals surface area contributed by atoms with Crippen molar-refractivity contribution in [3.63, 3.8) is 0 Å². The van der Waals surface area contributed by atoms with Crippen molar-refractivity contribution in [3.05, 3.63) is 53.6 Å². The van der Waals surface area contributed by atoms with Crippen molar-refractivity contribution in [2.45, 2.75) is 18.0 Å². The number of methoxy groups -OCH3 is 2. The molecule has 174 valence electrons. The molecule has 0 spiro atoms. The lowest BCUT2D eigenvalue weighted by atomic mass is 10.1. The van der Waals surface area contributed by atoms with Crippen molar-refractivity contribution in [1.82, 2.24) is 9.80 Å². The maximum Gasteiger partial charge on any atom is 0.414 e. The van der Waals surface area contributed by atoms with Gasteiger partial charge in [0.1, 0.15) is 11.5 Å². The van der Waals surface area contributed by atoms with Gasteiger partial charge in [-0.3, -0.25) is 9.80 Å². The second kappa shape index (κ2) is 12.9. The third-order valence-corrected chi connectivity index (χ3v) is 5.84. The number of rotatable bonds is 7. The molecule has 1 aliphatic heterocycles. The molecule has 3 rings (SSSR count). The maximum absolute atomic E-state index is 9.10. The zero-order valence-corrected chi connectivity index (χ0v) is 19.4. The molecule has 0 bridgehead atoms. The number of carboxylic acid groups (broad SMARTS) is 2. The number of carboxylic acids is 2. The molecule has 0 aliphatic carbocycles. The first kappa shape index (κ1) is 25.5. The van der Waals surface area contributed by atoms with Crippen LogP contribution in [0.4, 0.5) is 0 Å². The second-order valence-electron chi connectivity index (χ2n) is 7.19. The maximum atomic E-state index is 9.10. The number of piperazine rings is 1. The average Bonchev–Trinajstić information content (AvgIpc) is 2.81. The van der Waals surface area contributed by atoms with Crippen LogP contribution in [0.25, 0.3) is 0 Å².